The number of fused-ring (bicyclic) bond motifs is 6. The van der Waals surface area contributed by atoms with Crippen molar-refractivity contribution in [3.05, 3.63) is 120 Å². The van der Waals surface area contributed by atoms with Crippen LogP contribution >= 0.6 is 0 Å². The monoisotopic (exact) mass is 462 g/mol. The van der Waals surface area contributed by atoms with E-state index in [1.807, 2.05) is 36.4 Å². The number of nitrogens with zero attached hydrogens (tertiary/aromatic N) is 4. The molecule has 0 bridgehead atoms. The van der Waals surface area contributed by atoms with E-state index in [9.17, 15) is 10.5 Å². The van der Waals surface area contributed by atoms with E-state index in [1.165, 1.54) is 10.8 Å². The zero-order valence-corrected chi connectivity index (χ0v) is 19.2. The molecule has 0 atom stereocenters. The molecule has 0 saturated carbocycles. The van der Waals surface area contributed by atoms with Crippen molar-refractivity contribution < 1.29 is 2.85 Å². The van der Waals surface area contributed by atoms with Crippen molar-refractivity contribution in [2.75, 3.05) is 0 Å². The molecule has 36 heavy (non-hydrogen) atoms. The second-order valence-electron chi connectivity index (χ2n) is 8.91. The maximum atomic E-state index is 9.50. The van der Waals surface area contributed by atoms with Gasteiger partial charge in [0.25, 0.3) is 0 Å². The average Bonchev–Trinajstić information content (AvgIpc) is 3.45. The molecule has 0 N–H and O–H groups in total. The van der Waals surface area contributed by atoms with Gasteiger partial charge in [0.15, 0.2) is 0 Å². The Bertz CT molecular complexity index is 1960. The van der Waals surface area contributed by atoms with E-state index in [2.05, 4.69) is 94.1 Å². The predicted octanol–water partition coefficient (Wildman–Crippen LogP) is 8.12. The number of hydrogen-bond donors (Lipinski definition) is 0. The number of hydrogen-bond acceptors (Lipinski definition) is 2. The molecule has 0 fully saturated rings. The molecule has 170 valence electrons. The summed E-state index contributed by atoms with van der Waals surface area (Å²) in [6, 6.07) is 41.5. The van der Waals surface area contributed by atoms with Gasteiger partial charge in [-0.15, -0.1) is 0 Å². The summed E-state index contributed by atoms with van der Waals surface area (Å²) < 4.78 is 4.52. The number of rotatable bonds is 2. The summed E-state index contributed by atoms with van der Waals surface area (Å²) in [5, 5.41) is 23.4. The highest BCUT2D eigenvalue weighted by Crippen LogP contribution is 2.36. The van der Waals surface area contributed by atoms with Crippen molar-refractivity contribution in [1.29, 1.82) is 10.5 Å². The van der Waals surface area contributed by atoms with Crippen LogP contribution in [0.25, 0.3) is 55.0 Å². The first-order valence-electron chi connectivity index (χ1n) is 11.7. The largest absolute Gasteiger partial charge is 0.309 e. The lowest BCUT2D eigenvalue weighted by molar-refractivity contribution is 1.13. The molecule has 0 amide bonds. The van der Waals surface area contributed by atoms with E-state index in [-0.39, 0.29) is 2.85 Å². The normalized spacial score (nSPS) is 11.3. The lowest BCUT2D eigenvalue weighted by atomic mass is 10.1. The topological polar surface area (TPSA) is 57.4 Å². The summed E-state index contributed by atoms with van der Waals surface area (Å²) in [6.45, 7) is 0. The highest BCUT2D eigenvalue weighted by atomic mass is 15.0. The van der Waals surface area contributed by atoms with E-state index in [0.29, 0.717) is 11.1 Å². The van der Waals surface area contributed by atoms with Gasteiger partial charge in [-0.2, -0.15) is 10.5 Å². The van der Waals surface area contributed by atoms with Crippen molar-refractivity contribution in [3.63, 3.8) is 0 Å². The molecule has 4 nitrogen and oxygen atoms in total. The number of nitriles is 2. The minimum Gasteiger partial charge on any atom is -0.309 e. The molecule has 5 aromatic carbocycles. The van der Waals surface area contributed by atoms with Gasteiger partial charge in [0.2, 0.25) is 0 Å². The van der Waals surface area contributed by atoms with Gasteiger partial charge in [-0.25, -0.2) is 0 Å². The lowest BCUT2D eigenvalue weighted by Gasteiger charge is -2.12. The van der Waals surface area contributed by atoms with Crippen LogP contribution in [0.5, 0.6) is 0 Å². The Hall–Kier alpha value is -5.32. The van der Waals surface area contributed by atoms with Crippen LogP contribution in [-0.4, -0.2) is 9.13 Å². The fraction of sp³-hybridized carbons (Fsp3) is 0. The van der Waals surface area contributed by atoms with Gasteiger partial charge in [-0.1, -0.05) is 42.5 Å². The second kappa shape index (κ2) is 7.60. The van der Waals surface area contributed by atoms with Crippen LogP contribution in [0.3, 0.4) is 0 Å². The summed E-state index contributed by atoms with van der Waals surface area (Å²) >= 11 is 0. The lowest BCUT2D eigenvalue weighted by Crippen LogP contribution is -1.98. The zero-order valence-electron chi connectivity index (χ0n) is 19.2. The third-order valence-corrected chi connectivity index (χ3v) is 6.95. The first-order chi connectivity index (χ1) is 17.8. The molecule has 2 aromatic heterocycles. The van der Waals surface area contributed by atoms with E-state index in [1.54, 1.807) is 0 Å². The van der Waals surface area contributed by atoms with Gasteiger partial charge in [0.05, 0.1) is 45.3 Å². The average molecular weight is 463 g/mol. The van der Waals surface area contributed by atoms with E-state index in [4.69, 9.17) is 0 Å². The number of benzene rings is 5. The van der Waals surface area contributed by atoms with E-state index < -0.39 is 0 Å². The molecule has 0 spiro atoms. The standard InChI is InChI=1S/C32H18N4.2H2/c33-19-21-12-14-31-27(16-21)28-17-22(20-34)13-15-32(28)36(31)24-7-5-6-23(18-24)35-29-10-3-1-8-25(29)26-9-2-4-11-30(26)35;;/h1-18H;2*1H. The SMILES string of the molecule is N#Cc1ccc2c(c1)c1cc(C#N)ccc1n2-c1cccc(-n2c3ccccc3c3ccccc32)c1.[HH].[HH]. The van der Waals surface area contributed by atoms with Crippen LogP contribution in [-0.2, 0) is 0 Å². The third kappa shape index (κ3) is 2.79. The first kappa shape index (κ1) is 20.1. The molecule has 0 saturated heterocycles. The molecule has 7 rings (SSSR count). The summed E-state index contributed by atoms with van der Waals surface area (Å²) in [5.41, 5.74) is 7.61. The summed E-state index contributed by atoms with van der Waals surface area (Å²) in [7, 11) is 0. The summed E-state index contributed by atoms with van der Waals surface area (Å²) in [4.78, 5) is 0. The molecule has 0 aliphatic rings. The highest BCUT2D eigenvalue weighted by Gasteiger charge is 2.16. The zero-order chi connectivity index (χ0) is 24.2. The predicted molar refractivity (Wildman–Crippen MR) is 149 cm³/mol. The first-order valence-corrected chi connectivity index (χ1v) is 11.7. The molecule has 0 radical (unpaired) electrons. The van der Waals surface area contributed by atoms with Crippen LogP contribution < -0.4 is 0 Å². The Morgan fingerprint density at radius 3 is 1.36 bits per heavy atom. The van der Waals surface area contributed by atoms with Gasteiger partial charge < -0.3 is 9.13 Å². The molecular formula is C32H22N4. The highest BCUT2D eigenvalue weighted by molar-refractivity contribution is 6.11. The molecule has 0 unspecified atom stereocenters. The quantitative estimate of drug-likeness (QED) is 0.260. The molecule has 2 heterocycles. The minimum atomic E-state index is 0. The Labute approximate surface area is 210 Å². The fourth-order valence-corrected chi connectivity index (χ4v) is 5.41. The van der Waals surface area contributed by atoms with Gasteiger partial charge in [0.1, 0.15) is 0 Å². The molecule has 4 heteroatoms. The molecular weight excluding hydrogens is 440 g/mol. The maximum Gasteiger partial charge on any atom is 0.0991 e. The van der Waals surface area contributed by atoms with Crippen molar-refractivity contribution >= 4 is 43.6 Å². The summed E-state index contributed by atoms with van der Waals surface area (Å²) in [5.74, 6) is 0. The third-order valence-electron chi connectivity index (χ3n) is 6.95. The minimum absolute atomic E-state index is 0. The van der Waals surface area contributed by atoms with Crippen LogP contribution in [0.1, 0.15) is 14.0 Å². The number of para-hydroxylation sites is 2. The van der Waals surface area contributed by atoms with Crippen molar-refractivity contribution in [2.24, 2.45) is 0 Å². The summed E-state index contributed by atoms with van der Waals surface area (Å²) in [6.07, 6.45) is 0. The fourth-order valence-electron chi connectivity index (χ4n) is 5.41. The molecule has 0 aliphatic heterocycles. The van der Waals surface area contributed by atoms with E-state index in [0.717, 1.165) is 44.2 Å². The second-order valence-corrected chi connectivity index (χ2v) is 8.91. The van der Waals surface area contributed by atoms with Crippen LogP contribution in [0.15, 0.2) is 109 Å². The van der Waals surface area contributed by atoms with E-state index >= 15 is 0 Å². The van der Waals surface area contributed by atoms with Gasteiger partial charge in [-0.05, 0) is 66.7 Å². The van der Waals surface area contributed by atoms with Crippen LogP contribution in [0.2, 0.25) is 0 Å². The van der Waals surface area contributed by atoms with Crippen molar-refractivity contribution in [1.82, 2.24) is 9.13 Å². The van der Waals surface area contributed by atoms with Gasteiger partial charge in [-0.3, -0.25) is 0 Å². The number of aromatic nitrogens is 2. The Morgan fingerprint density at radius 1 is 0.444 bits per heavy atom. The van der Waals surface area contributed by atoms with Crippen LogP contribution in [0, 0.1) is 22.7 Å². The van der Waals surface area contributed by atoms with Crippen molar-refractivity contribution in [3.8, 4) is 23.5 Å². The van der Waals surface area contributed by atoms with Gasteiger partial charge in [0, 0.05) is 35.8 Å². The molecule has 7 aromatic rings. The smallest absolute Gasteiger partial charge is 0.0991 e. The van der Waals surface area contributed by atoms with Gasteiger partial charge >= 0.3 is 0 Å². The van der Waals surface area contributed by atoms with Crippen molar-refractivity contribution in [2.45, 2.75) is 0 Å². The Morgan fingerprint density at radius 2 is 0.889 bits per heavy atom. The Kier molecular flexibility index (Phi) is 4.24. The maximum absolute atomic E-state index is 9.50. The molecule has 0 aliphatic carbocycles. The Balaban J connectivity index is 0.00000147. The van der Waals surface area contributed by atoms with Crippen LogP contribution in [0.4, 0.5) is 0 Å².